The van der Waals surface area contributed by atoms with Crippen LogP contribution in [0.15, 0.2) is 41.8 Å². The SMILES string of the molecule is COc1ccc(CN(CC(=O)NC(=O)NC(C)(C)C)C(C)Cc2cccs2)cc1. The maximum absolute atomic E-state index is 12.5. The van der Waals surface area contributed by atoms with E-state index in [9.17, 15) is 9.59 Å². The topological polar surface area (TPSA) is 70.7 Å². The van der Waals surface area contributed by atoms with Gasteiger partial charge >= 0.3 is 6.03 Å². The van der Waals surface area contributed by atoms with Crippen molar-refractivity contribution in [3.63, 3.8) is 0 Å². The zero-order valence-electron chi connectivity index (χ0n) is 17.8. The molecule has 0 aliphatic carbocycles. The molecule has 1 aromatic carbocycles. The van der Waals surface area contributed by atoms with E-state index in [4.69, 9.17) is 4.74 Å². The van der Waals surface area contributed by atoms with E-state index in [1.165, 1.54) is 4.88 Å². The van der Waals surface area contributed by atoms with E-state index >= 15 is 0 Å². The molecule has 0 aliphatic rings. The highest BCUT2D eigenvalue weighted by molar-refractivity contribution is 7.09. The minimum Gasteiger partial charge on any atom is -0.497 e. The van der Waals surface area contributed by atoms with Crippen LogP contribution < -0.4 is 15.4 Å². The number of amides is 3. The van der Waals surface area contributed by atoms with Gasteiger partial charge in [0.15, 0.2) is 0 Å². The number of carbonyl (C=O) groups excluding carboxylic acids is 2. The van der Waals surface area contributed by atoms with E-state index in [2.05, 4.69) is 33.9 Å². The molecular weight excluding hydrogens is 386 g/mol. The molecule has 158 valence electrons. The fraction of sp³-hybridized carbons (Fsp3) is 0.455. The molecule has 2 N–H and O–H groups in total. The molecule has 3 amide bonds. The molecule has 1 aromatic heterocycles. The number of nitrogens with one attached hydrogen (secondary N) is 2. The van der Waals surface area contributed by atoms with Crippen LogP contribution >= 0.6 is 11.3 Å². The van der Waals surface area contributed by atoms with Crippen molar-refractivity contribution in [1.29, 1.82) is 0 Å². The van der Waals surface area contributed by atoms with Gasteiger partial charge in [-0.15, -0.1) is 11.3 Å². The quantitative estimate of drug-likeness (QED) is 0.685. The molecule has 1 heterocycles. The molecule has 0 bridgehead atoms. The van der Waals surface area contributed by atoms with E-state index in [1.807, 2.05) is 51.1 Å². The molecule has 0 saturated carbocycles. The molecule has 1 unspecified atom stereocenters. The number of benzene rings is 1. The third-order valence-electron chi connectivity index (χ3n) is 4.33. The molecule has 0 spiro atoms. The average Bonchev–Trinajstić information content (AvgIpc) is 3.13. The summed E-state index contributed by atoms with van der Waals surface area (Å²) in [6, 6.07) is 11.6. The number of urea groups is 1. The number of ether oxygens (including phenoxy) is 1. The second kappa shape index (κ2) is 10.4. The summed E-state index contributed by atoms with van der Waals surface area (Å²) in [6.07, 6.45) is 0.843. The van der Waals surface area contributed by atoms with Crippen LogP contribution in [0.2, 0.25) is 0 Å². The van der Waals surface area contributed by atoms with Gasteiger partial charge in [0, 0.05) is 23.0 Å². The Balaban J connectivity index is 2.06. The molecule has 6 nitrogen and oxygen atoms in total. The smallest absolute Gasteiger partial charge is 0.321 e. The predicted molar refractivity (Wildman–Crippen MR) is 117 cm³/mol. The molecule has 0 fully saturated rings. The lowest BCUT2D eigenvalue weighted by molar-refractivity contribution is -0.121. The lowest BCUT2D eigenvalue weighted by atomic mass is 10.1. The Bertz CT molecular complexity index is 783. The number of nitrogens with zero attached hydrogens (tertiary/aromatic N) is 1. The van der Waals surface area contributed by atoms with Crippen LogP contribution in [0, 0.1) is 0 Å². The summed E-state index contributed by atoms with van der Waals surface area (Å²) in [6.45, 7) is 8.45. The first-order chi connectivity index (χ1) is 13.7. The van der Waals surface area contributed by atoms with Gasteiger partial charge in [-0.2, -0.15) is 0 Å². The number of rotatable bonds is 8. The van der Waals surface area contributed by atoms with Crippen molar-refractivity contribution in [2.75, 3.05) is 13.7 Å². The highest BCUT2D eigenvalue weighted by Gasteiger charge is 2.21. The minimum absolute atomic E-state index is 0.132. The highest BCUT2D eigenvalue weighted by atomic mass is 32.1. The number of thiophene rings is 1. The van der Waals surface area contributed by atoms with Gasteiger partial charge in [-0.3, -0.25) is 15.0 Å². The Kier molecular flexibility index (Phi) is 8.22. The van der Waals surface area contributed by atoms with Crippen molar-refractivity contribution < 1.29 is 14.3 Å². The fourth-order valence-corrected chi connectivity index (χ4v) is 3.73. The van der Waals surface area contributed by atoms with Crippen molar-refractivity contribution in [1.82, 2.24) is 15.5 Å². The number of hydrogen-bond donors (Lipinski definition) is 2. The molecule has 7 heteroatoms. The third-order valence-corrected chi connectivity index (χ3v) is 5.23. The zero-order chi connectivity index (χ0) is 21.4. The molecule has 2 aromatic rings. The van der Waals surface area contributed by atoms with Gasteiger partial charge in [0.1, 0.15) is 5.75 Å². The number of hydrogen-bond acceptors (Lipinski definition) is 5. The summed E-state index contributed by atoms with van der Waals surface area (Å²) >= 11 is 1.71. The Morgan fingerprint density at radius 1 is 1.17 bits per heavy atom. The molecule has 29 heavy (non-hydrogen) atoms. The van der Waals surface area contributed by atoms with Crippen LogP contribution in [0.3, 0.4) is 0 Å². The van der Waals surface area contributed by atoms with Gasteiger partial charge in [-0.25, -0.2) is 4.79 Å². The van der Waals surface area contributed by atoms with Gasteiger partial charge in [0.25, 0.3) is 0 Å². The van der Waals surface area contributed by atoms with Crippen molar-refractivity contribution in [2.24, 2.45) is 0 Å². The summed E-state index contributed by atoms with van der Waals surface area (Å²) in [7, 11) is 1.64. The number of carbonyl (C=O) groups is 2. The van der Waals surface area contributed by atoms with E-state index in [0.717, 1.165) is 17.7 Å². The van der Waals surface area contributed by atoms with Gasteiger partial charge in [-0.05, 0) is 63.3 Å². The summed E-state index contributed by atoms with van der Waals surface area (Å²) in [5, 5.41) is 7.24. The van der Waals surface area contributed by atoms with E-state index in [-0.39, 0.29) is 18.5 Å². The van der Waals surface area contributed by atoms with Crippen molar-refractivity contribution in [2.45, 2.75) is 52.2 Å². The van der Waals surface area contributed by atoms with Crippen molar-refractivity contribution in [3.05, 3.63) is 52.2 Å². The van der Waals surface area contributed by atoms with Gasteiger partial charge in [0.2, 0.25) is 5.91 Å². The third kappa shape index (κ3) is 8.25. The van der Waals surface area contributed by atoms with Gasteiger partial charge < -0.3 is 10.1 Å². The van der Waals surface area contributed by atoms with Gasteiger partial charge in [-0.1, -0.05) is 18.2 Å². The minimum atomic E-state index is -0.474. The molecule has 1 atom stereocenters. The van der Waals surface area contributed by atoms with Crippen molar-refractivity contribution >= 4 is 23.3 Å². The molecule has 0 aliphatic heterocycles. The Hall–Kier alpha value is -2.38. The summed E-state index contributed by atoms with van der Waals surface area (Å²) in [5.41, 5.74) is 0.676. The monoisotopic (exact) mass is 417 g/mol. The first-order valence-electron chi connectivity index (χ1n) is 9.67. The standard InChI is InChI=1S/C22H31N3O3S/c1-16(13-19-7-6-12-29-19)25(14-17-8-10-18(28-5)11-9-17)15-20(26)23-21(27)24-22(2,3)4/h6-12,16H,13-15H2,1-5H3,(H2,23,24,26,27). The Morgan fingerprint density at radius 3 is 2.41 bits per heavy atom. The lowest BCUT2D eigenvalue weighted by Crippen LogP contribution is -2.51. The maximum atomic E-state index is 12.5. The summed E-state index contributed by atoms with van der Waals surface area (Å²) < 4.78 is 5.22. The largest absolute Gasteiger partial charge is 0.497 e. The summed E-state index contributed by atoms with van der Waals surface area (Å²) in [4.78, 5) is 27.9. The molecule has 0 radical (unpaired) electrons. The first-order valence-corrected chi connectivity index (χ1v) is 10.6. The van der Waals surface area contributed by atoms with E-state index in [0.29, 0.717) is 6.54 Å². The van der Waals surface area contributed by atoms with Crippen LogP contribution in [0.25, 0.3) is 0 Å². The predicted octanol–water partition coefficient (Wildman–Crippen LogP) is 3.81. The maximum Gasteiger partial charge on any atom is 0.321 e. The molecule has 0 saturated heterocycles. The van der Waals surface area contributed by atoms with Crippen molar-refractivity contribution in [3.8, 4) is 5.75 Å². The van der Waals surface area contributed by atoms with Crippen LogP contribution in [-0.2, 0) is 17.8 Å². The van der Waals surface area contributed by atoms with E-state index in [1.54, 1.807) is 18.4 Å². The first kappa shape index (κ1) is 22.9. The van der Waals surface area contributed by atoms with Crippen LogP contribution in [0.5, 0.6) is 5.75 Å². The average molecular weight is 418 g/mol. The highest BCUT2D eigenvalue weighted by Crippen LogP contribution is 2.18. The zero-order valence-corrected chi connectivity index (χ0v) is 18.6. The number of imide groups is 1. The Morgan fingerprint density at radius 2 is 1.86 bits per heavy atom. The molecular formula is C22H31N3O3S. The number of methoxy groups -OCH3 is 1. The van der Waals surface area contributed by atoms with Crippen LogP contribution in [0.1, 0.15) is 38.1 Å². The fourth-order valence-electron chi connectivity index (χ4n) is 2.90. The second-order valence-corrected chi connectivity index (χ2v) is 9.17. The summed E-state index contributed by atoms with van der Waals surface area (Å²) in [5.74, 6) is 0.474. The Labute approximate surface area is 177 Å². The lowest BCUT2D eigenvalue weighted by Gasteiger charge is -2.29. The normalized spacial score (nSPS) is 12.5. The van der Waals surface area contributed by atoms with Crippen LogP contribution in [0.4, 0.5) is 4.79 Å². The second-order valence-electron chi connectivity index (χ2n) is 8.14. The van der Waals surface area contributed by atoms with E-state index < -0.39 is 11.6 Å². The van der Waals surface area contributed by atoms with Crippen LogP contribution in [-0.4, -0.2) is 42.1 Å². The van der Waals surface area contributed by atoms with Gasteiger partial charge in [0.05, 0.1) is 13.7 Å². The molecule has 2 rings (SSSR count).